The summed E-state index contributed by atoms with van der Waals surface area (Å²) in [5.74, 6) is -0.842. The van der Waals surface area contributed by atoms with Crippen LogP contribution in [-0.4, -0.2) is 68.3 Å². The minimum absolute atomic E-state index is 0.0130. The highest BCUT2D eigenvalue weighted by Crippen LogP contribution is 2.35. The average molecular weight is 455 g/mol. The Labute approximate surface area is 187 Å². The lowest BCUT2D eigenvalue weighted by Crippen LogP contribution is -2.52. The monoisotopic (exact) mass is 454 g/mol. The first-order chi connectivity index (χ1) is 15.1. The molecule has 0 aromatic heterocycles. The van der Waals surface area contributed by atoms with E-state index in [0.29, 0.717) is 24.9 Å². The smallest absolute Gasteiger partial charge is 0.387 e. The van der Waals surface area contributed by atoms with E-state index < -0.39 is 12.7 Å². The van der Waals surface area contributed by atoms with Gasteiger partial charge in [-0.25, -0.2) is 0 Å². The molecule has 2 aliphatic rings. The van der Waals surface area contributed by atoms with Gasteiger partial charge in [0, 0.05) is 37.4 Å². The fourth-order valence-electron chi connectivity index (χ4n) is 3.84. The van der Waals surface area contributed by atoms with E-state index in [1.807, 2.05) is 0 Å². The zero-order chi connectivity index (χ0) is 23.5. The number of halogens is 2. The Bertz CT molecular complexity index is 827. The van der Waals surface area contributed by atoms with Gasteiger partial charge >= 0.3 is 6.61 Å². The minimum atomic E-state index is -3.08. The Kier molecular flexibility index (Phi) is 7.68. The van der Waals surface area contributed by atoms with E-state index in [-0.39, 0.29) is 48.4 Å². The highest BCUT2D eigenvalue weighted by atomic mass is 19.3. The lowest BCUT2D eigenvalue weighted by molar-refractivity contribution is -0.126. The normalized spacial score (nSPS) is 18.2. The number of hydrogen-bond acceptors (Lipinski definition) is 6. The van der Waals surface area contributed by atoms with Crippen LogP contribution in [0.4, 0.5) is 20.2 Å². The second-order valence-electron chi connectivity index (χ2n) is 9.36. The first kappa shape index (κ1) is 24.3. The van der Waals surface area contributed by atoms with E-state index in [0.717, 1.165) is 12.8 Å². The molecule has 0 unspecified atom stereocenters. The molecule has 2 fully saturated rings. The molecule has 10 heteroatoms. The van der Waals surface area contributed by atoms with Crippen LogP contribution in [0.25, 0.3) is 0 Å². The molecule has 1 heterocycles. The summed E-state index contributed by atoms with van der Waals surface area (Å²) in [5, 5.41) is 2.78. The van der Waals surface area contributed by atoms with Crippen LogP contribution in [0.1, 0.15) is 33.6 Å². The van der Waals surface area contributed by atoms with Gasteiger partial charge in [-0.05, 0) is 30.4 Å². The van der Waals surface area contributed by atoms with Crippen molar-refractivity contribution < 1.29 is 27.8 Å². The molecule has 1 aromatic carbocycles. The van der Waals surface area contributed by atoms with Gasteiger partial charge in [-0.3, -0.25) is 14.5 Å². The predicted octanol–water partition coefficient (Wildman–Crippen LogP) is 2.43. The lowest BCUT2D eigenvalue weighted by atomic mass is 9.95. The molecule has 0 spiro atoms. The van der Waals surface area contributed by atoms with Crippen LogP contribution >= 0.6 is 0 Å². The number of anilines is 2. The van der Waals surface area contributed by atoms with Gasteiger partial charge in [-0.1, -0.05) is 20.8 Å². The van der Waals surface area contributed by atoms with Gasteiger partial charge in [0.15, 0.2) is 5.75 Å². The Balaban J connectivity index is 1.80. The molecule has 1 saturated heterocycles. The number of rotatable bonds is 9. The quantitative estimate of drug-likeness (QED) is 0.595. The molecule has 3 N–H and O–H groups in total. The third kappa shape index (κ3) is 6.36. The summed E-state index contributed by atoms with van der Waals surface area (Å²) in [6, 6.07) is 4.14. The van der Waals surface area contributed by atoms with Crippen LogP contribution in [-0.2, 0) is 14.3 Å². The van der Waals surface area contributed by atoms with E-state index in [1.165, 1.54) is 17.0 Å². The summed E-state index contributed by atoms with van der Waals surface area (Å²) in [7, 11) is 0. The first-order valence-electron chi connectivity index (χ1n) is 10.8. The maximum absolute atomic E-state index is 13.1. The van der Waals surface area contributed by atoms with E-state index >= 15 is 0 Å². The zero-order valence-corrected chi connectivity index (χ0v) is 18.8. The number of carbonyl (C=O) groups excluding carboxylic acids is 2. The molecule has 8 nitrogen and oxygen atoms in total. The number of nitrogens with zero attached hydrogens (tertiary/aromatic N) is 2. The van der Waals surface area contributed by atoms with E-state index in [1.54, 1.807) is 6.07 Å². The number of nitrogens with one attached hydrogen (secondary N) is 1. The van der Waals surface area contributed by atoms with E-state index in [2.05, 4.69) is 35.7 Å². The highest BCUT2D eigenvalue weighted by molar-refractivity contribution is 5.98. The molecule has 1 atom stereocenters. The summed E-state index contributed by atoms with van der Waals surface area (Å²) in [4.78, 5) is 28.7. The maximum Gasteiger partial charge on any atom is 0.387 e. The van der Waals surface area contributed by atoms with Crippen molar-refractivity contribution in [3.63, 3.8) is 0 Å². The molecule has 2 amide bonds. The van der Waals surface area contributed by atoms with Crippen molar-refractivity contribution in [2.45, 2.75) is 52.3 Å². The first-order valence-corrected chi connectivity index (χ1v) is 10.8. The molecule has 0 bridgehead atoms. The second kappa shape index (κ2) is 10.1. The van der Waals surface area contributed by atoms with Crippen LogP contribution < -0.4 is 20.7 Å². The van der Waals surface area contributed by atoms with Crippen molar-refractivity contribution in [3.8, 4) is 5.75 Å². The Morgan fingerprint density at radius 3 is 2.66 bits per heavy atom. The molecular formula is C22H32F2N4O4. The molecule has 3 rings (SSSR count). The molecule has 1 saturated carbocycles. The Hall–Kier alpha value is -2.30. The van der Waals surface area contributed by atoms with Gasteiger partial charge in [0.1, 0.15) is 12.6 Å². The van der Waals surface area contributed by atoms with Crippen LogP contribution in [0.3, 0.4) is 0 Å². The topological polar surface area (TPSA) is 97.1 Å². The summed E-state index contributed by atoms with van der Waals surface area (Å²) in [6.45, 7) is 4.47. The average Bonchev–Trinajstić information content (AvgIpc) is 3.52. The number of alkyl halides is 2. The summed E-state index contributed by atoms with van der Waals surface area (Å²) < 4.78 is 35.8. The van der Waals surface area contributed by atoms with Gasteiger partial charge in [-0.2, -0.15) is 8.78 Å². The predicted molar refractivity (Wildman–Crippen MR) is 117 cm³/mol. The van der Waals surface area contributed by atoms with Gasteiger partial charge in [0.2, 0.25) is 5.91 Å². The van der Waals surface area contributed by atoms with Crippen molar-refractivity contribution in [1.29, 1.82) is 0 Å². The molecule has 0 radical (unpaired) electrons. The van der Waals surface area contributed by atoms with Gasteiger partial charge in [0.25, 0.3) is 5.91 Å². The Morgan fingerprint density at radius 2 is 2.09 bits per heavy atom. The van der Waals surface area contributed by atoms with Crippen molar-refractivity contribution in [2.24, 2.45) is 11.1 Å². The molecule has 178 valence electrons. The molecule has 32 heavy (non-hydrogen) atoms. The number of carbonyl (C=O) groups is 2. The largest absolute Gasteiger partial charge is 0.433 e. The number of amides is 2. The standard InChI is InChI=1S/C22H32F2N4O4/c1-22(2,3)13-28(15-5-6-15)17(11-25)20(30)26-14-4-7-16(18(10-14)32-21(23)24)27-8-9-31-12-19(27)29/h4,7,10,15,17,21H,5-6,8-9,11-13,25H2,1-3H3,(H,26,30)/t17-/m1/s1. The third-order valence-electron chi connectivity index (χ3n) is 5.32. The minimum Gasteiger partial charge on any atom is -0.433 e. The van der Waals surface area contributed by atoms with Crippen LogP contribution in [0.5, 0.6) is 5.75 Å². The van der Waals surface area contributed by atoms with Crippen molar-refractivity contribution in [3.05, 3.63) is 18.2 Å². The third-order valence-corrected chi connectivity index (χ3v) is 5.32. The maximum atomic E-state index is 13.1. The van der Waals surface area contributed by atoms with Crippen LogP contribution in [0.2, 0.25) is 0 Å². The van der Waals surface area contributed by atoms with Crippen molar-refractivity contribution in [2.75, 3.05) is 43.1 Å². The molecular weight excluding hydrogens is 422 g/mol. The van der Waals surface area contributed by atoms with E-state index in [4.69, 9.17) is 10.5 Å². The molecule has 1 aromatic rings. The Morgan fingerprint density at radius 1 is 1.38 bits per heavy atom. The summed E-state index contributed by atoms with van der Waals surface area (Å²) in [6.07, 6.45) is 2.04. The van der Waals surface area contributed by atoms with Gasteiger partial charge < -0.3 is 25.4 Å². The summed E-state index contributed by atoms with van der Waals surface area (Å²) >= 11 is 0. The highest BCUT2D eigenvalue weighted by Gasteiger charge is 2.38. The van der Waals surface area contributed by atoms with Crippen molar-refractivity contribution >= 4 is 23.2 Å². The molecule has 1 aliphatic heterocycles. The van der Waals surface area contributed by atoms with Gasteiger partial charge in [-0.15, -0.1) is 0 Å². The number of benzene rings is 1. The van der Waals surface area contributed by atoms with Gasteiger partial charge in [0.05, 0.1) is 12.3 Å². The number of nitrogens with two attached hydrogens (primary N) is 1. The van der Waals surface area contributed by atoms with Crippen molar-refractivity contribution in [1.82, 2.24) is 4.90 Å². The lowest BCUT2D eigenvalue weighted by Gasteiger charge is -2.35. The zero-order valence-electron chi connectivity index (χ0n) is 18.8. The fraction of sp³-hybridized carbons (Fsp3) is 0.636. The molecule has 1 aliphatic carbocycles. The summed E-state index contributed by atoms with van der Waals surface area (Å²) in [5.41, 5.74) is 6.45. The van der Waals surface area contributed by atoms with Crippen LogP contribution in [0, 0.1) is 5.41 Å². The second-order valence-corrected chi connectivity index (χ2v) is 9.36. The number of hydrogen-bond donors (Lipinski definition) is 2. The number of morpholine rings is 1. The van der Waals surface area contributed by atoms with E-state index in [9.17, 15) is 18.4 Å². The SMILES string of the molecule is CC(C)(C)CN(C1CC1)[C@H](CN)C(=O)Nc1ccc(N2CCOCC2=O)c(OC(F)F)c1. The number of ether oxygens (including phenoxy) is 2. The fourth-order valence-corrected chi connectivity index (χ4v) is 3.84. The van der Waals surface area contributed by atoms with Crippen LogP contribution in [0.15, 0.2) is 18.2 Å².